The van der Waals surface area contributed by atoms with Gasteiger partial charge in [0.15, 0.2) is 0 Å². The van der Waals surface area contributed by atoms with Crippen LogP contribution in [-0.2, 0) is 4.74 Å². The van der Waals surface area contributed by atoms with Gasteiger partial charge >= 0.3 is 0 Å². The Labute approximate surface area is 113 Å². The van der Waals surface area contributed by atoms with E-state index in [0.29, 0.717) is 11.1 Å². The number of nitrogens with zero attached hydrogens (tertiary/aromatic N) is 2. The highest BCUT2D eigenvalue weighted by Crippen LogP contribution is 2.23. The van der Waals surface area contributed by atoms with Crippen LogP contribution in [-0.4, -0.2) is 36.3 Å². The smallest absolute Gasteiger partial charge is 0.139 e. The Bertz CT molecular complexity index is 442. The van der Waals surface area contributed by atoms with Crippen molar-refractivity contribution >= 4 is 23.0 Å². The van der Waals surface area contributed by atoms with Gasteiger partial charge in [0, 0.05) is 25.9 Å². The van der Waals surface area contributed by atoms with Crippen LogP contribution in [0.5, 0.6) is 0 Å². The lowest BCUT2D eigenvalue weighted by Gasteiger charge is -2.33. The second-order valence-electron chi connectivity index (χ2n) is 4.61. The SMILES string of the molecule is COC1CCN(c2nc(C)ccc2C(N)=S)CC1. The summed E-state index contributed by atoms with van der Waals surface area (Å²) in [6.07, 6.45) is 2.39. The quantitative estimate of drug-likeness (QED) is 0.842. The number of aryl methyl sites for hydroxylation is 1. The summed E-state index contributed by atoms with van der Waals surface area (Å²) in [6.45, 7) is 3.85. The van der Waals surface area contributed by atoms with Crippen LogP contribution in [0.3, 0.4) is 0 Å². The Morgan fingerprint density at radius 3 is 2.67 bits per heavy atom. The predicted octanol–water partition coefficient (Wildman–Crippen LogP) is 1.64. The first-order valence-corrected chi connectivity index (χ1v) is 6.58. The number of aromatic nitrogens is 1. The van der Waals surface area contributed by atoms with E-state index in [1.54, 1.807) is 7.11 Å². The molecule has 0 aromatic carbocycles. The van der Waals surface area contributed by atoms with E-state index >= 15 is 0 Å². The zero-order chi connectivity index (χ0) is 13.1. The minimum Gasteiger partial charge on any atom is -0.389 e. The summed E-state index contributed by atoms with van der Waals surface area (Å²) in [5.41, 5.74) is 7.62. The molecule has 98 valence electrons. The normalized spacial score (nSPS) is 16.9. The molecule has 1 aliphatic heterocycles. The van der Waals surface area contributed by atoms with Crippen LogP contribution in [0.25, 0.3) is 0 Å². The number of piperidine rings is 1. The van der Waals surface area contributed by atoms with Crippen LogP contribution >= 0.6 is 12.2 Å². The van der Waals surface area contributed by atoms with Gasteiger partial charge in [-0.1, -0.05) is 12.2 Å². The van der Waals surface area contributed by atoms with Gasteiger partial charge in [0.25, 0.3) is 0 Å². The van der Waals surface area contributed by atoms with Gasteiger partial charge in [0.05, 0.1) is 11.7 Å². The molecular formula is C13H19N3OS. The number of rotatable bonds is 3. The summed E-state index contributed by atoms with van der Waals surface area (Å²) in [4.78, 5) is 7.24. The number of anilines is 1. The molecule has 4 nitrogen and oxygen atoms in total. The number of ether oxygens (including phenoxy) is 1. The summed E-state index contributed by atoms with van der Waals surface area (Å²) < 4.78 is 5.38. The molecule has 2 N–H and O–H groups in total. The maximum absolute atomic E-state index is 5.76. The molecule has 1 aromatic rings. The monoisotopic (exact) mass is 265 g/mol. The Balaban J connectivity index is 2.22. The van der Waals surface area contributed by atoms with Crippen molar-refractivity contribution in [1.82, 2.24) is 4.98 Å². The van der Waals surface area contributed by atoms with E-state index < -0.39 is 0 Å². The summed E-state index contributed by atoms with van der Waals surface area (Å²) in [5.74, 6) is 0.914. The average Bonchev–Trinajstić information content (AvgIpc) is 2.38. The second kappa shape index (κ2) is 5.63. The highest BCUT2D eigenvalue weighted by atomic mass is 32.1. The summed E-state index contributed by atoms with van der Waals surface area (Å²) in [5, 5.41) is 0. The summed E-state index contributed by atoms with van der Waals surface area (Å²) in [6, 6.07) is 3.91. The Kier molecular flexibility index (Phi) is 4.14. The zero-order valence-corrected chi connectivity index (χ0v) is 11.7. The standard InChI is InChI=1S/C13H19N3OS/c1-9-3-4-11(12(14)18)13(15-9)16-7-5-10(17-2)6-8-16/h3-4,10H,5-8H2,1-2H3,(H2,14,18). The van der Waals surface area contributed by atoms with Gasteiger partial charge in [0.2, 0.25) is 0 Å². The van der Waals surface area contributed by atoms with Crippen molar-refractivity contribution in [3.63, 3.8) is 0 Å². The molecule has 18 heavy (non-hydrogen) atoms. The molecule has 0 aliphatic carbocycles. The first-order valence-electron chi connectivity index (χ1n) is 6.17. The van der Waals surface area contributed by atoms with Crippen molar-refractivity contribution in [2.45, 2.75) is 25.9 Å². The molecule has 0 atom stereocenters. The molecule has 1 fully saturated rings. The number of hydrogen-bond acceptors (Lipinski definition) is 4. The largest absolute Gasteiger partial charge is 0.389 e. The number of thiocarbonyl (C=S) groups is 1. The Morgan fingerprint density at radius 2 is 2.11 bits per heavy atom. The van der Waals surface area contributed by atoms with E-state index in [1.165, 1.54) is 0 Å². The molecule has 0 saturated carbocycles. The Morgan fingerprint density at radius 1 is 1.44 bits per heavy atom. The van der Waals surface area contributed by atoms with Crippen LogP contribution in [0.15, 0.2) is 12.1 Å². The van der Waals surface area contributed by atoms with Crippen molar-refractivity contribution < 1.29 is 4.74 Å². The highest BCUT2D eigenvalue weighted by Gasteiger charge is 2.22. The molecule has 2 rings (SSSR count). The van der Waals surface area contributed by atoms with Crippen molar-refractivity contribution in [1.29, 1.82) is 0 Å². The molecule has 2 heterocycles. The fourth-order valence-corrected chi connectivity index (χ4v) is 2.44. The predicted molar refractivity (Wildman–Crippen MR) is 77.1 cm³/mol. The van der Waals surface area contributed by atoms with E-state index in [1.807, 2.05) is 19.1 Å². The van der Waals surface area contributed by atoms with Gasteiger partial charge in [-0.2, -0.15) is 0 Å². The van der Waals surface area contributed by atoms with Crippen molar-refractivity contribution in [3.05, 3.63) is 23.4 Å². The minimum atomic E-state index is 0.360. The number of nitrogens with two attached hydrogens (primary N) is 1. The van der Waals surface area contributed by atoms with E-state index in [-0.39, 0.29) is 0 Å². The van der Waals surface area contributed by atoms with Crippen LogP contribution in [0, 0.1) is 6.92 Å². The third-order valence-electron chi connectivity index (χ3n) is 3.35. The minimum absolute atomic E-state index is 0.360. The maximum Gasteiger partial charge on any atom is 0.139 e. The third-order valence-corrected chi connectivity index (χ3v) is 3.57. The topological polar surface area (TPSA) is 51.4 Å². The molecular weight excluding hydrogens is 246 g/mol. The van der Waals surface area contributed by atoms with Crippen LogP contribution in [0.4, 0.5) is 5.82 Å². The molecule has 1 saturated heterocycles. The first kappa shape index (κ1) is 13.2. The zero-order valence-electron chi connectivity index (χ0n) is 10.8. The van der Waals surface area contributed by atoms with E-state index in [4.69, 9.17) is 22.7 Å². The lowest BCUT2D eigenvalue weighted by Crippen LogP contribution is -2.38. The summed E-state index contributed by atoms with van der Waals surface area (Å²) >= 11 is 5.09. The first-order chi connectivity index (χ1) is 8.61. The van der Waals surface area contributed by atoms with Gasteiger partial charge in [-0.15, -0.1) is 0 Å². The van der Waals surface area contributed by atoms with Crippen molar-refractivity contribution in [2.24, 2.45) is 5.73 Å². The van der Waals surface area contributed by atoms with E-state index in [2.05, 4.69) is 9.88 Å². The maximum atomic E-state index is 5.76. The van der Waals surface area contributed by atoms with Gasteiger partial charge in [-0.05, 0) is 31.9 Å². The number of pyridine rings is 1. The van der Waals surface area contributed by atoms with Crippen molar-refractivity contribution in [2.75, 3.05) is 25.1 Å². The average molecular weight is 265 g/mol. The molecule has 0 radical (unpaired) electrons. The lowest BCUT2D eigenvalue weighted by molar-refractivity contribution is 0.0818. The highest BCUT2D eigenvalue weighted by molar-refractivity contribution is 7.80. The molecule has 0 amide bonds. The van der Waals surface area contributed by atoms with Crippen LogP contribution in [0.2, 0.25) is 0 Å². The van der Waals surface area contributed by atoms with Crippen LogP contribution < -0.4 is 10.6 Å². The van der Waals surface area contributed by atoms with Crippen LogP contribution in [0.1, 0.15) is 24.1 Å². The van der Waals surface area contributed by atoms with E-state index in [0.717, 1.165) is 43.0 Å². The number of hydrogen-bond donors (Lipinski definition) is 1. The molecule has 0 bridgehead atoms. The third kappa shape index (κ3) is 2.79. The number of methoxy groups -OCH3 is 1. The second-order valence-corrected chi connectivity index (χ2v) is 5.05. The lowest BCUT2D eigenvalue weighted by atomic mass is 10.1. The fourth-order valence-electron chi connectivity index (χ4n) is 2.28. The van der Waals surface area contributed by atoms with Gasteiger partial charge in [0.1, 0.15) is 10.8 Å². The summed E-state index contributed by atoms with van der Waals surface area (Å²) in [7, 11) is 1.77. The van der Waals surface area contributed by atoms with Gasteiger partial charge in [-0.25, -0.2) is 4.98 Å². The van der Waals surface area contributed by atoms with Crippen molar-refractivity contribution in [3.8, 4) is 0 Å². The van der Waals surface area contributed by atoms with E-state index in [9.17, 15) is 0 Å². The van der Waals surface area contributed by atoms with Gasteiger partial charge < -0.3 is 15.4 Å². The molecule has 0 unspecified atom stereocenters. The Hall–Kier alpha value is -1.20. The molecule has 0 spiro atoms. The molecule has 1 aromatic heterocycles. The molecule has 5 heteroatoms. The van der Waals surface area contributed by atoms with Gasteiger partial charge in [-0.3, -0.25) is 0 Å². The fraction of sp³-hybridized carbons (Fsp3) is 0.538. The molecule has 1 aliphatic rings.